The number of anilines is 1. The highest BCUT2D eigenvalue weighted by molar-refractivity contribution is 8.00. The van der Waals surface area contributed by atoms with E-state index < -0.39 is 5.97 Å². The Hall–Kier alpha value is -2.66. The number of hydrogen-bond donors (Lipinski definition) is 1. The van der Waals surface area contributed by atoms with Gasteiger partial charge in [-0.3, -0.25) is 14.7 Å². The number of hydrogen-bond acceptors (Lipinski definition) is 9. The summed E-state index contributed by atoms with van der Waals surface area (Å²) in [7, 11) is 1.56. The summed E-state index contributed by atoms with van der Waals surface area (Å²) in [6.45, 7) is 7.55. The van der Waals surface area contributed by atoms with Crippen LogP contribution in [-0.2, 0) is 29.2 Å². The minimum atomic E-state index is -0.529. The number of carbonyl (C=O) groups is 2. The van der Waals surface area contributed by atoms with Crippen molar-refractivity contribution >= 4 is 35.0 Å². The molecule has 0 radical (unpaired) electrons. The topological polar surface area (TPSA) is 98.7 Å². The van der Waals surface area contributed by atoms with Crippen LogP contribution < -0.4 is 15.0 Å². The van der Waals surface area contributed by atoms with Crippen molar-refractivity contribution in [2.24, 2.45) is 4.99 Å². The van der Waals surface area contributed by atoms with E-state index >= 15 is 0 Å². The Morgan fingerprint density at radius 1 is 1.20 bits per heavy atom. The fourth-order valence-corrected chi connectivity index (χ4v) is 6.28. The summed E-state index contributed by atoms with van der Waals surface area (Å²) in [6, 6.07) is 5.83. The first-order valence-electron chi connectivity index (χ1n) is 14.4. The van der Waals surface area contributed by atoms with Crippen molar-refractivity contribution in [3.8, 4) is 5.75 Å². The van der Waals surface area contributed by atoms with E-state index in [1.165, 1.54) is 10.5 Å². The van der Waals surface area contributed by atoms with Crippen molar-refractivity contribution in [3.63, 3.8) is 0 Å². The number of nitrogens with zero attached hydrogens (tertiary/aromatic N) is 2. The first-order valence-corrected chi connectivity index (χ1v) is 15.5. The van der Waals surface area contributed by atoms with Crippen molar-refractivity contribution in [1.82, 2.24) is 5.32 Å². The summed E-state index contributed by atoms with van der Waals surface area (Å²) in [5.74, 6) is 1.17. The molecule has 1 N–H and O–H groups in total. The van der Waals surface area contributed by atoms with Gasteiger partial charge in [-0.05, 0) is 49.1 Å². The number of rotatable bonds is 16. The number of fused-ring (bicyclic) bond motifs is 2. The first kappa shape index (κ1) is 31.3. The molecule has 9 nitrogen and oxygen atoms in total. The molecule has 1 aromatic rings. The normalized spacial score (nSPS) is 20.1. The number of amides is 1. The van der Waals surface area contributed by atoms with E-state index in [0.717, 1.165) is 55.9 Å². The van der Waals surface area contributed by atoms with Gasteiger partial charge in [-0.15, -0.1) is 11.8 Å². The zero-order valence-corrected chi connectivity index (χ0v) is 25.3. The van der Waals surface area contributed by atoms with E-state index in [0.29, 0.717) is 42.9 Å². The molecule has 2 heterocycles. The molecular formula is C31H43N3O6S. The van der Waals surface area contributed by atoms with Crippen molar-refractivity contribution < 1.29 is 28.5 Å². The maximum absolute atomic E-state index is 13.0. The molecule has 1 aromatic carbocycles. The summed E-state index contributed by atoms with van der Waals surface area (Å²) in [4.78, 5) is 31.4. The van der Waals surface area contributed by atoms with Crippen LogP contribution in [0, 0.1) is 0 Å². The second kappa shape index (κ2) is 15.5. The van der Waals surface area contributed by atoms with Gasteiger partial charge in [-0.25, -0.2) is 4.79 Å². The number of methoxy groups -OCH3 is 1. The highest BCUT2D eigenvalue weighted by Crippen LogP contribution is 2.42. The second-order valence-electron chi connectivity index (χ2n) is 10.9. The van der Waals surface area contributed by atoms with E-state index in [1.807, 2.05) is 43.8 Å². The quantitative estimate of drug-likeness (QED) is 0.229. The lowest BCUT2D eigenvalue weighted by molar-refractivity contribution is -0.149. The van der Waals surface area contributed by atoms with Gasteiger partial charge in [0.25, 0.3) is 0 Å². The van der Waals surface area contributed by atoms with Crippen LogP contribution in [0.5, 0.6) is 5.75 Å². The van der Waals surface area contributed by atoms with Crippen LogP contribution in [0.15, 0.2) is 47.0 Å². The molecule has 224 valence electrons. The fraction of sp³-hybridized carbons (Fsp3) is 0.581. The summed E-state index contributed by atoms with van der Waals surface area (Å²) in [6.07, 6.45) is 10.1. The van der Waals surface area contributed by atoms with Gasteiger partial charge in [0.15, 0.2) is 6.73 Å². The number of aliphatic imine (C=N–C) groups is 1. The van der Waals surface area contributed by atoms with E-state index in [9.17, 15) is 9.59 Å². The molecule has 4 rings (SSSR count). The minimum Gasteiger partial charge on any atom is -0.494 e. The van der Waals surface area contributed by atoms with Gasteiger partial charge in [-0.2, -0.15) is 0 Å². The first-order chi connectivity index (χ1) is 19.9. The number of thioether (sulfide) groups is 1. The summed E-state index contributed by atoms with van der Waals surface area (Å²) in [5, 5.41) is 4.08. The number of unbranched alkanes of at least 4 members (excludes halogenated alkanes) is 1. The van der Waals surface area contributed by atoms with Crippen LogP contribution in [0.2, 0.25) is 0 Å². The Balaban J connectivity index is 1.19. The maximum Gasteiger partial charge on any atom is 0.333 e. The molecule has 1 amide bonds. The third-order valence-electron chi connectivity index (χ3n) is 7.35. The SMILES string of the molecule is COCCOCC(=O)OCN1C(=O)CC(C)(C)c2ccc(OCCCCNCCN=C3C=CCC4SCC=C34)cc21. The monoisotopic (exact) mass is 585 g/mol. The third kappa shape index (κ3) is 8.91. The molecule has 41 heavy (non-hydrogen) atoms. The predicted octanol–water partition coefficient (Wildman–Crippen LogP) is 4.06. The van der Waals surface area contributed by atoms with Gasteiger partial charge in [0.2, 0.25) is 5.91 Å². The largest absolute Gasteiger partial charge is 0.494 e. The van der Waals surface area contributed by atoms with Gasteiger partial charge in [-0.1, -0.05) is 32.1 Å². The molecule has 0 saturated carbocycles. The standard InChI is InChI=1S/C31H43N3O6S/c1-31(2)20-29(35)34(22-40-30(36)21-38-17-16-37-3)27-19-23(9-10-25(27)31)39-15-5-4-12-32-13-14-33-26-7-6-8-28-24(26)11-18-41-28/h6-7,9-11,19,28,32H,4-5,8,12-18,20-22H2,1-3H3. The van der Waals surface area contributed by atoms with Crippen molar-refractivity contribution in [3.05, 3.63) is 47.6 Å². The van der Waals surface area contributed by atoms with Crippen LogP contribution in [0.1, 0.15) is 45.1 Å². The predicted molar refractivity (Wildman–Crippen MR) is 163 cm³/mol. The Morgan fingerprint density at radius 3 is 2.93 bits per heavy atom. The summed E-state index contributed by atoms with van der Waals surface area (Å²) < 4.78 is 21.5. The molecule has 0 fully saturated rings. The van der Waals surface area contributed by atoms with E-state index in [1.54, 1.807) is 7.11 Å². The molecule has 3 aliphatic rings. The summed E-state index contributed by atoms with van der Waals surface area (Å²) in [5.41, 5.74) is 3.98. The maximum atomic E-state index is 13.0. The minimum absolute atomic E-state index is 0.0952. The van der Waals surface area contributed by atoms with Crippen molar-refractivity contribution in [1.29, 1.82) is 0 Å². The van der Waals surface area contributed by atoms with Gasteiger partial charge in [0.05, 0.1) is 37.8 Å². The molecule has 1 atom stereocenters. The fourth-order valence-electron chi connectivity index (χ4n) is 5.12. The molecule has 0 aromatic heterocycles. The zero-order chi connectivity index (χ0) is 29.1. The number of ether oxygens (including phenoxy) is 4. The van der Waals surface area contributed by atoms with Gasteiger partial charge < -0.3 is 24.3 Å². The van der Waals surface area contributed by atoms with Gasteiger partial charge in [0.1, 0.15) is 12.4 Å². The zero-order valence-electron chi connectivity index (χ0n) is 24.5. The number of benzene rings is 1. The van der Waals surface area contributed by atoms with E-state index in [-0.39, 0.29) is 24.7 Å². The Morgan fingerprint density at radius 2 is 2.07 bits per heavy atom. The molecule has 0 bridgehead atoms. The van der Waals surface area contributed by atoms with Crippen molar-refractivity contribution in [2.75, 3.05) is 70.6 Å². The number of nitrogens with one attached hydrogen (secondary N) is 1. The highest BCUT2D eigenvalue weighted by Gasteiger charge is 2.37. The van der Waals surface area contributed by atoms with Crippen molar-refractivity contribution in [2.45, 2.75) is 50.2 Å². The third-order valence-corrected chi connectivity index (χ3v) is 8.55. The Bertz CT molecular complexity index is 1150. The lowest BCUT2D eigenvalue weighted by atomic mass is 9.77. The second-order valence-corrected chi connectivity index (χ2v) is 12.2. The van der Waals surface area contributed by atoms with Gasteiger partial charge in [0, 0.05) is 42.6 Å². The number of carbonyl (C=O) groups excluding carboxylic acids is 2. The van der Waals surface area contributed by atoms with Gasteiger partial charge >= 0.3 is 5.97 Å². The molecule has 0 saturated heterocycles. The summed E-state index contributed by atoms with van der Waals surface area (Å²) >= 11 is 2.00. The van der Waals surface area contributed by atoms with Crippen LogP contribution in [0.4, 0.5) is 5.69 Å². The number of esters is 1. The van der Waals surface area contributed by atoms with Crippen LogP contribution >= 0.6 is 11.8 Å². The van der Waals surface area contributed by atoms with Crippen LogP contribution in [0.25, 0.3) is 0 Å². The molecule has 10 heteroatoms. The van der Waals surface area contributed by atoms with Crippen LogP contribution in [0.3, 0.4) is 0 Å². The highest BCUT2D eigenvalue weighted by atomic mass is 32.2. The molecular weight excluding hydrogens is 542 g/mol. The Labute approximate surface area is 247 Å². The van der Waals surface area contributed by atoms with E-state index in [2.05, 4.69) is 23.5 Å². The average molecular weight is 586 g/mol. The number of allylic oxidation sites excluding steroid dienone is 2. The average Bonchev–Trinajstić information content (AvgIpc) is 3.44. The smallest absolute Gasteiger partial charge is 0.333 e. The lowest BCUT2D eigenvalue weighted by Crippen LogP contribution is -2.43. The molecule has 1 unspecified atom stereocenters. The molecule has 0 spiro atoms. The molecule has 2 aliphatic heterocycles. The lowest BCUT2D eigenvalue weighted by Gasteiger charge is -2.38. The van der Waals surface area contributed by atoms with E-state index in [4.69, 9.17) is 23.9 Å². The van der Waals surface area contributed by atoms with Crippen LogP contribution in [-0.4, -0.2) is 88.5 Å². The molecule has 1 aliphatic carbocycles. The Kier molecular flexibility index (Phi) is 11.9.